The van der Waals surface area contributed by atoms with E-state index in [2.05, 4.69) is 43.5 Å². The molecule has 0 aliphatic rings. The summed E-state index contributed by atoms with van der Waals surface area (Å²) in [7, 11) is 0. The van der Waals surface area contributed by atoms with Crippen molar-refractivity contribution in [1.29, 1.82) is 0 Å². The van der Waals surface area contributed by atoms with Gasteiger partial charge in [0.05, 0.1) is 18.8 Å². The van der Waals surface area contributed by atoms with E-state index in [1.165, 1.54) is 173 Å². The second kappa shape index (κ2) is 41.0. The van der Waals surface area contributed by atoms with Gasteiger partial charge in [0.15, 0.2) is 0 Å². The molecule has 0 heterocycles. The third-order valence-corrected chi connectivity index (χ3v) is 9.85. The third-order valence-electron chi connectivity index (χ3n) is 9.85. The maximum Gasteiger partial charge on any atom is 0.220 e. The predicted molar refractivity (Wildman–Crippen MR) is 216 cm³/mol. The first-order chi connectivity index (χ1) is 24.2. The SMILES string of the molecule is CCCCCCCCCCCC/C=C\CCCCCCCCCC(=O)NC(CO)C(O)/C=C/CC/C=C/CCCCCCCCCCCC. The van der Waals surface area contributed by atoms with Gasteiger partial charge in [-0.2, -0.15) is 0 Å². The van der Waals surface area contributed by atoms with Crippen LogP contribution in [0, 0.1) is 0 Å². The highest BCUT2D eigenvalue weighted by Gasteiger charge is 2.17. The Morgan fingerprint density at radius 3 is 1.18 bits per heavy atom. The van der Waals surface area contributed by atoms with Gasteiger partial charge in [-0.25, -0.2) is 0 Å². The first-order valence-electron chi connectivity index (χ1n) is 21.7. The lowest BCUT2D eigenvalue weighted by atomic mass is 10.1. The van der Waals surface area contributed by atoms with Crippen molar-refractivity contribution in [2.75, 3.05) is 6.61 Å². The number of aliphatic hydroxyl groups is 2. The highest BCUT2D eigenvalue weighted by molar-refractivity contribution is 5.76. The fourth-order valence-electron chi connectivity index (χ4n) is 6.48. The lowest BCUT2D eigenvalue weighted by Crippen LogP contribution is -2.45. The van der Waals surface area contributed by atoms with Crippen molar-refractivity contribution >= 4 is 5.91 Å². The Morgan fingerprint density at radius 2 is 0.796 bits per heavy atom. The molecule has 0 fully saturated rings. The van der Waals surface area contributed by atoms with E-state index in [0.29, 0.717) is 6.42 Å². The molecule has 0 aromatic rings. The van der Waals surface area contributed by atoms with Crippen molar-refractivity contribution in [2.45, 2.75) is 238 Å². The Balaban J connectivity index is 3.61. The smallest absolute Gasteiger partial charge is 0.220 e. The van der Waals surface area contributed by atoms with E-state index in [-0.39, 0.29) is 12.5 Å². The number of nitrogens with one attached hydrogen (secondary N) is 1. The fraction of sp³-hybridized carbons (Fsp3) is 0.844. The molecular formula is C45H85NO3. The van der Waals surface area contributed by atoms with Crippen LogP contribution in [0.15, 0.2) is 36.5 Å². The second-order valence-electron chi connectivity index (χ2n) is 14.8. The van der Waals surface area contributed by atoms with Crippen LogP contribution in [-0.4, -0.2) is 34.9 Å². The molecule has 288 valence electrons. The Morgan fingerprint density at radius 1 is 0.469 bits per heavy atom. The minimum atomic E-state index is -0.862. The Hall–Kier alpha value is -1.39. The van der Waals surface area contributed by atoms with Crippen LogP contribution in [0.25, 0.3) is 0 Å². The first kappa shape index (κ1) is 47.6. The van der Waals surface area contributed by atoms with Gasteiger partial charge in [-0.3, -0.25) is 4.79 Å². The number of aliphatic hydroxyl groups excluding tert-OH is 2. The van der Waals surface area contributed by atoms with Gasteiger partial charge in [0.2, 0.25) is 5.91 Å². The number of hydrogen-bond donors (Lipinski definition) is 3. The van der Waals surface area contributed by atoms with Gasteiger partial charge in [0.25, 0.3) is 0 Å². The molecule has 0 aliphatic heterocycles. The normalized spacial score (nSPS) is 13.3. The minimum Gasteiger partial charge on any atom is -0.394 e. The second-order valence-corrected chi connectivity index (χ2v) is 14.8. The van der Waals surface area contributed by atoms with Crippen LogP contribution in [0.3, 0.4) is 0 Å². The topological polar surface area (TPSA) is 69.6 Å². The van der Waals surface area contributed by atoms with Crippen LogP contribution in [0.1, 0.15) is 226 Å². The average Bonchev–Trinajstić information content (AvgIpc) is 3.10. The molecular weight excluding hydrogens is 602 g/mol. The largest absolute Gasteiger partial charge is 0.394 e. The lowest BCUT2D eigenvalue weighted by Gasteiger charge is -2.19. The van der Waals surface area contributed by atoms with Crippen LogP contribution in [-0.2, 0) is 4.79 Å². The predicted octanol–water partition coefficient (Wildman–Crippen LogP) is 13.4. The molecule has 0 saturated carbocycles. The van der Waals surface area contributed by atoms with E-state index in [9.17, 15) is 15.0 Å². The van der Waals surface area contributed by atoms with E-state index in [4.69, 9.17) is 0 Å². The zero-order chi connectivity index (χ0) is 35.7. The zero-order valence-electron chi connectivity index (χ0n) is 33.0. The fourth-order valence-corrected chi connectivity index (χ4v) is 6.48. The van der Waals surface area contributed by atoms with E-state index < -0.39 is 12.1 Å². The van der Waals surface area contributed by atoms with Crippen molar-refractivity contribution in [2.24, 2.45) is 0 Å². The maximum absolute atomic E-state index is 12.4. The highest BCUT2D eigenvalue weighted by Crippen LogP contribution is 2.14. The van der Waals surface area contributed by atoms with Crippen LogP contribution in [0.5, 0.6) is 0 Å². The van der Waals surface area contributed by atoms with E-state index in [1.54, 1.807) is 6.08 Å². The van der Waals surface area contributed by atoms with Crippen LogP contribution in [0.4, 0.5) is 0 Å². The molecule has 0 bridgehead atoms. The minimum absolute atomic E-state index is 0.0778. The Bertz CT molecular complexity index is 746. The van der Waals surface area contributed by atoms with Crippen molar-refractivity contribution < 1.29 is 15.0 Å². The van der Waals surface area contributed by atoms with Gasteiger partial charge < -0.3 is 15.5 Å². The van der Waals surface area contributed by atoms with Crippen LogP contribution < -0.4 is 5.32 Å². The molecule has 0 rings (SSSR count). The summed E-state index contributed by atoms with van der Waals surface area (Å²) in [4.78, 5) is 12.4. The average molecular weight is 688 g/mol. The van der Waals surface area contributed by atoms with E-state index >= 15 is 0 Å². The van der Waals surface area contributed by atoms with Crippen molar-refractivity contribution in [3.8, 4) is 0 Å². The molecule has 2 atom stereocenters. The van der Waals surface area contributed by atoms with E-state index in [0.717, 1.165) is 32.1 Å². The number of hydrogen-bond acceptors (Lipinski definition) is 3. The summed E-state index contributed by atoms with van der Waals surface area (Å²) in [6, 6.07) is -0.639. The summed E-state index contributed by atoms with van der Waals surface area (Å²) in [6.07, 6.45) is 53.9. The lowest BCUT2D eigenvalue weighted by molar-refractivity contribution is -0.123. The molecule has 3 N–H and O–H groups in total. The summed E-state index contributed by atoms with van der Waals surface area (Å²) < 4.78 is 0. The standard InChI is InChI=1S/C45H85NO3/c1-3-5-7-9-11-13-15-17-19-21-22-23-24-25-27-29-31-33-35-37-39-41-45(49)46-43(42-47)44(48)40-38-36-34-32-30-28-26-20-18-16-14-12-10-8-6-4-2/h23-24,30,32,38,40,43-44,47-48H,3-22,25-29,31,33-37,39,41-42H2,1-2H3,(H,46,49)/b24-23-,32-30+,40-38+. The molecule has 4 nitrogen and oxygen atoms in total. The maximum atomic E-state index is 12.4. The van der Waals surface area contributed by atoms with Crippen molar-refractivity contribution in [3.05, 3.63) is 36.5 Å². The number of carbonyl (C=O) groups is 1. The number of carbonyl (C=O) groups excluding carboxylic acids is 1. The monoisotopic (exact) mass is 688 g/mol. The van der Waals surface area contributed by atoms with Crippen molar-refractivity contribution in [1.82, 2.24) is 5.32 Å². The van der Waals surface area contributed by atoms with Crippen LogP contribution in [0.2, 0.25) is 0 Å². The number of rotatable bonds is 39. The van der Waals surface area contributed by atoms with Gasteiger partial charge in [-0.15, -0.1) is 0 Å². The molecule has 0 aromatic carbocycles. The van der Waals surface area contributed by atoms with Crippen molar-refractivity contribution in [3.63, 3.8) is 0 Å². The quantitative estimate of drug-likeness (QED) is 0.0445. The molecule has 0 aromatic heterocycles. The Labute approximate surface area is 306 Å². The summed E-state index contributed by atoms with van der Waals surface area (Å²) in [6.45, 7) is 4.30. The molecule has 49 heavy (non-hydrogen) atoms. The summed E-state index contributed by atoms with van der Waals surface area (Å²) in [5.41, 5.74) is 0. The third kappa shape index (κ3) is 37.7. The van der Waals surface area contributed by atoms with Gasteiger partial charge >= 0.3 is 0 Å². The van der Waals surface area contributed by atoms with Gasteiger partial charge in [-0.1, -0.05) is 198 Å². The molecule has 0 spiro atoms. The molecule has 2 unspecified atom stereocenters. The highest BCUT2D eigenvalue weighted by atomic mass is 16.3. The molecule has 0 saturated heterocycles. The summed E-state index contributed by atoms with van der Waals surface area (Å²) in [5.74, 6) is -0.0778. The molecule has 1 amide bonds. The van der Waals surface area contributed by atoms with Gasteiger partial charge in [-0.05, 0) is 57.8 Å². The summed E-state index contributed by atoms with van der Waals surface area (Å²) in [5, 5.41) is 23.0. The Kier molecular flexibility index (Phi) is 39.9. The number of amides is 1. The van der Waals surface area contributed by atoms with Gasteiger partial charge in [0, 0.05) is 6.42 Å². The first-order valence-corrected chi connectivity index (χ1v) is 21.7. The van der Waals surface area contributed by atoms with Gasteiger partial charge in [0.1, 0.15) is 0 Å². The van der Waals surface area contributed by atoms with E-state index in [1.807, 2.05) is 6.08 Å². The van der Waals surface area contributed by atoms with Crippen LogP contribution >= 0.6 is 0 Å². The number of unbranched alkanes of at least 4 members (excludes halogenated alkanes) is 28. The molecule has 0 aliphatic carbocycles. The number of allylic oxidation sites excluding steroid dienone is 5. The zero-order valence-corrected chi connectivity index (χ0v) is 33.0. The molecule has 4 heteroatoms. The summed E-state index contributed by atoms with van der Waals surface area (Å²) >= 11 is 0. The molecule has 0 radical (unpaired) electrons.